The van der Waals surface area contributed by atoms with Gasteiger partial charge in [-0.25, -0.2) is 0 Å². The molecule has 21 heavy (non-hydrogen) atoms. The summed E-state index contributed by atoms with van der Waals surface area (Å²) in [6, 6.07) is 9.57. The van der Waals surface area contributed by atoms with Gasteiger partial charge in [0.15, 0.2) is 0 Å². The SMILES string of the molecule is CC1CCCC(Nc2ccc(N3CCOCC3)cc2)C1C. The summed E-state index contributed by atoms with van der Waals surface area (Å²) < 4.78 is 5.41. The van der Waals surface area contributed by atoms with Crippen LogP contribution in [0.25, 0.3) is 0 Å². The van der Waals surface area contributed by atoms with Crippen molar-refractivity contribution < 1.29 is 4.74 Å². The zero-order chi connectivity index (χ0) is 14.7. The standard InChI is InChI=1S/C18H28N2O/c1-14-4-3-5-18(15(14)2)19-16-6-8-17(9-7-16)20-10-12-21-13-11-20/h6-9,14-15,18-19H,3-5,10-13H2,1-2H3. The predicted octanol–water partition coefficient (Wildman–Crippen LogP) is 3.76. The molecule has 1 saturated carbocycles. The molecule has 1 aliphatic heterocycles. The fraction of sp³-hybridized carbons (Fsp3) is 0.667. The minimum absolute atomic E-state index is 0.628. The molecule has 3 heteroatoms. The first-order valence-corrected chi connectivity index (χ1v) is 8.43. The van der Waals surface area contributed by atoms with Crippen LogP contribution in [0, 0.1) is 11.8 Å². The molecule has 3 unspecified atom stereocenters. The molecule has 1 aromatic carbocycles. The summed E-state index contributed by atoms with van der Waals surface area (Å²) in [7, 11) is 0. The Hall–Kier alpha value is -1.22. The summed E-state index contributed by atoms with van der Waals surface area (Å²) in [6.45, 7) is 8.48. The molecule has 116 valence electrons. The summed E-state index contributed by atoms with van der Waals surface area (Å²) in [5, 5.41) is 3.75. The average Bonchev–Trinajstić information content (AvgIpc) is 2.53. The van der Waals surface area contributed by atoms with Gasteiger partial charge < -0.3 is 15.0 Å². The smallest absolute Gasteiger partial charge is 0.0642 e. The number of hydrogen-bond donors (Lipinski definition) is 1. The van der Waals surface area contributed by atoms with Crippen molar-refractivity contribution >= 4 is 11.4 Å². The lowest BCUT2D eigenvalue weighted by Gasteiger charge is -2.35. The third-order valence-electron chi connectivity index (χ3n) is 5.30. The molecule has 0 aromatic heterocycles. The number of anilines is 2. The Morgan fingerprint density at radius 1 is 1.05 bits per heavy atom. The first-order valence-electron chi connectivity index (χ1n) is 8.43. The largest absolute Gasteiger partial charge is 0.382 e. The van der Waals surface area contributed by atoms with Gasteiger partial charge in [-0.3, -0.25) is 0 Å². The lowest BCUT2D eigenvalue weighted by atomic mass is 9.78. The Labute approximate surface area is 128 Å². The number of benzene rings is 1. The Balaban J connectivity index is 1.61. The van der Waals surface area contributed by atoms with Crippen LogP contribution in [0.15, 0.2) is 24.3 Å². The van der Waals surface area contributed by atoms with E-state index >= 15 is 0 Å². The molecule has 0 spiro atoms. The van der Waals surface area contributed by atoms with Gasteiger partial charge in [0.25, 0.3) is 0 Å². The first kappa shape index (κ1) is 14.7. The monoisotopic (exact) mass is 288 g/mol. The normalized spacial score (nSPS) is 30.2. The van der Waals surface area contributed by atoms with E-state index < -0.39 is 0 Å². The van der Waals surface area contributed by atoms with E-state index in [1.165, 1.54) is 30.6 Å². The Bertz CT molecular complexity index is 439. The van der Waals surface area contributed by atoms with Crippen LogP contribution in [0.4, 0.5) is 11.4 Å². The lowest BCUT2D eigenvalue weighted by Crippen LogP contribution is -2.36. The average molecular weight is 288 g/mol. The van der Waals surface area contributed by atoms with E-state index in [1.54, 1.807) is 0 Å². The van der Waals surface area contributed by atoms with Gasteiger partial charge >= 0.3 is 0 Å². The second-order valence-corrected chi connectivity index (χ2v) is 6.66. The second-order valence-electron chi connectivity index (χ2n) is 6.66. The van der Waals surface area contributed by atoms with Crippen LogP contribution in [0.1, 0.15) is 33.1 Å². The van der Waals surface area contributed by atoms with Gasteiger partial charge in [0.2, 0.25) is 0 Å². The minimum Gasteiger partial charge on any atom is -0.382 e. The van der Waals surface area contributed by atoms with Crippen LogP contribution in [0.3, 0.4) is 0 Å². The molecular formula is C18H28N2O. The van der Waals surface area contributed by atoms with Crippen LogP contribution >= 0.6 is 0 Å². The number of rotatable bonds is 3. The molecule has 1 aromatic rings. The zero-order valence-corrected chi connectivity index (χ0v) is 13.3. The van der Waals surface area contributed by atoms with Gasteiger partial charge in [-0.15, -0.1) is 0 Å². The van der Waals surface area contributed by atoms with E-state index in [1.807, 2.05) is 0 Å². The zero-order valence-electron chi connectivity index (χ0n) is 13.3. The highest BCUT2D eigenvalue weighted by molar-refractivity contribution is 5.55. The highest BCUT2D eigenvalue weighted by Crippen LogP contribution is 2.32. The molecule has 0 bridgehead atoms. The summed E-state index contributed by atoms with van der Waals surface area (Å²) in [5.41, 5.74) is 2.58. The van der Waals surface area contributed by atoms with Crippen molar-refractivity contribution in [3.05, 3.63) is 24.3 Å². The minimum atomic E-state index is 0.628. The fourth-order valence-electron chi connectivity index (χ4n) is 3.59. The van der Waals surface area contributed by atoms with Crippen molar-refractivity contribution in [2.45, 2.75) is 39.2 Å². The van der Waals surface area contributed by atoms with Crippen molar-refractivity contribution in [2.24, 2.45) is 11.8 Å². The van der Waals surface area contributed by atoms with Gasteiger partial charge in [0, 0.05) is 30.5 Å². The number of nitrogens with zero attached hydrogens (tertiary/aromatic N) is 1. The molecule has 3 rings (SSSR count). The van der Waals surface area contributed by atoms with Crippen molar-refractivity contribution in [2.75, 3.05) is 36.5 Å². The van der Waals surface area contributed by atoms with Crippen LogP contribution in [0.5, 0.6) is 0 Å². The quantitative estimate of drug-likeness (QED) is 0.916. The first-order chi connectivity index (χ1) is 10.2. The van der Waals surface area contributed by atoms with Crippen molar-refractivity contribution in [1.82, 2.24) is 0 Å². The summed E-state index contributed by atoms with van der Waals surface area (Å²) in [4.78, 5) is 2.40. The maximum Gasteiger partial charge on any atom is 0.0642 e. The van der Waals surface area contributed by atoms with Gasteiger partial charge in [-0.1, -0.05) is 26.7 Å². The fourth-order valence-corrected chi connectivity index (χ4v) is 3.59. The summed E-state index contributed by atoms with van der Waals surface area (Å²) >= 11 is 0. The van der Waals surface area contributed by atoms with Crippen molar-refractivity contribution in [3.63, 3.8) is 0 Å². The summed E-state index contributed by atoms with van der Waals surface area (Å²) in [5.74, 6) is 1.60. The number of nitrogens with one attached hydrogen (secondary N) is 1. The maximum atomic E-state index is 5.41. The molecule has 0 amide bonds. The van der Waals surface area contributed by atoms with Crippen LogP contribution < -0.4 is 10.2 Å². The molecular weight excluding hydrogens is 260 g/mol. The second kappa shape index (κ2) is 6.69. The molecule has 1 N–H and O–H groups in total. The van der Waals surface area contributed by atoms with E-state index in [2.05, 4.69) is 48.3 Å². The highest BCUT2D eigenvalue weighted by Gasteiger charge is 2.26. The number of morpholine rings is 1. The third-order valence-corrected chi connectivity index (χ3v) is 5.30. The van der Waals surface area contributed by atoms with Crippen molar-refractivity contribution in [1.29, 1.82) is 0 Å². The molecule has 2 aliphatic rings. The van der Waals surface area contributed by atoms with Crippen molar-refractivity contribution in [3.8, 4) is 0 Å². The van der Waals surface area contributed by atoms with E-state index in [0.717, 1.165) is 38.1 Å². The molecule has 0 radical (unpaired) electrons. The molecule has 3 atom stereocenters. The van der Waals surface area contributed by atoms with E-state index in [4.69, 9.17) is 4.74 Å². The molecule has 3 nitrogen and oxygen atoms in total. The van der Waals surface area contributed by atoms with Crippen LogP contribution in [0.2, 0.25) is 0 Å². The van der Waals surface area contributed by atoms with Crippen LogP contribution in [-0.2, 0) is 4.74 Å². The lowest BCUT2D eigenvalue weighted by molar-refractivity contribution is 0.122. The topological polar surface area (TPSA) is 24.5 Å². The number of hydrogen-bond acceptors (Lipinski definition) is 3. The molecule has 1 saturated heterocycles. The van der Waals surface area contributed by atoms with Gasteiger partial charge in [-0.05, 0) is 42.5 Å². The summed E-state index contributed by atoms with van der Waals surface area (Å²) in [6.07, 6.45) is 4.04. The molecule has 1 aliphatic carbocycles. The molecule has 2 fully saturated rings. The predicted molar refractivity (Wildman–Crippen MR) is 89.1 cm³/mol. The Kier molecular flexibility index (Phi) is 4.69. The molecule has 1 heterocycles. The Morgan fingerprint density at radius 2 is 1.76 bits per heavy atom. The highest BCUT2D eigenvalue weighted by atomic mass is 16.5. The van der Waals surface area contributed by atoms with Gasteiger partial charge in [0.1, 0.15) is 0 Å². The van der Waals surface area contributed by atoms with E-state index in [9.17, 15) is 0 Å². The van der Waals surface area contributed by atoms with E-state index in [0.29, 0.717) is 6.04 Å². The van der Waals surface area contributed by atoms with Crippen LogP contribution in [-0.4, -0.2) is 32.3 Å². The van der Waals surface area contributed by atoms with Gasteiger partial charge in [0.05, 0.1) is 13.2 Å². The maximum absolute atomic E-state index is 5.41. The van der Waals surface area contributed by atoms with Gasteiger partial charge in [-0.2, -0.15) is 0 Å². The van der Waals surface area contributed by atoms with E-state index in [-0.39, 0.29) is 0 Å². The number of ether oxygens (including phenoxy) is 1. The third kappa shape index (κ3) is 3.52. The Morgan fingerprint density at radius 3 is 2.48 bits per heavy atom.